The van der Waals surface area contributed by atoms with Crippen LogP contribution in [0.2, 0.25) is 0 Å². The van der Waals surface area contributed by atoms with Gasteiger partial charge in [0.05, 0.1) is 11.4 Å². The number of hydrogen-bond acceptors (Lipinski definition) is 2. The summed E-state index contributed by atoms with van der Waals surface area (Å²) in [5, 5.41) is 0. The number of rotatable bonds is 0. The zero-order valence-electron chi connectivity index (χ0n) is 7.46. The molecule has 70 valence electrons. The number of anilines is 2. The lowest BCUT2D eigenvalue weighted by molar-refractivity contribution is 0.0122. The summed E-state index contributed by atoms with van der Waals surface area (Å²) < 4.78 is 26.8. The lowest BCUT2D eigenvalue weighted by atomic mass is 10.3. The maximum absolute atomic E-state index is 13.4. The minimum atomic E-state index is -2.91. The minimum Gasteiger partial charge on any atom is -0.295 e. The van der Waals surface area contributed by atoms with E-state index in [1.54, 1.807) is 24.3 Å². The quantitative estimate of drug-likeness (QED) is 0.570. The van der Waals surface area contributed by atoms with Gasteiger partial charge in [-0.15, -0.1) is 0 Å². The number of halogens is 2. The van der Waals surface area contributed by atoms with Gasteiger partial charge in [0.15, 0.2) is 0 Å². The third-order valence-electron chi connectivity index (χ3n) is 2.41. The van der Waals surface area contributed by atoms with E-state index in [0.29, 0.717) is 11.4 Å². The van der Waals surface area contributed by atoms with Crippen LogP contribution in [0.25, 0.3) is 0 Å². The fraction of sp³-hybridized carbons (Fsp3) is 0.333. The van der Waals surface area contributed by atoms with Gasteiger partial charge in [-0.25, -0.2) is 0 Å². The van der Waals surface area contributed by atoms with Crippen LogP contribution in [0.15, 0.2) is 24.3 Å². The number of para-hydroxylation sites is 2. The van der Waals surface area contributed by atoms with E-state index in [1.165, 1.54) is 14.1 Å². The Morgan fingerprint density at radius 3 is 1.77 bits per heavy atom. The molecule has 0 saturated heterocycles. The zero-order valence-corrected chi connectivity index (χ0v) is 7.46. The Bertz CT molecular complexity index is 307. The summed E-state index contributed by atoms with van der Waals surface area (Å²) >= 11 is 0. The van der Waals surface area contributed by atoms with E-state index in [9.17, 15) is 8.78 Å². The van der Waals surface area contributed by atoms with Crippen molar-refractivity contribution in [2.24, 2.45) is 0 Å². The number of nitrogens with zero attached hydrogens (tertiary/aromatic N) is 2. The molecule has 0 atom stereocenters. The van der Waals surface area contributed by atoms with Gasteiger partial charge in [0.25, 0.3) is 0 Å². The van der Waals surface area contributed by atoms with Crippen LogP contribution in [0.3, 0.4) is 0 Å². The van der Waals surface area contributed by atoms with Gasteiger partial charge in [-0.2, -0.15) is 8.78 Å². The molecule has 0 radical (unpaired) electrons. The Hall–Kier alpha value is -1.32. The molecule has 2 rings (SSSR count). The molecule has 0 N–H and O–H groups in total. The summed E-state index contributed by atoms with van der Waals surface area (Å²) in [7, 11) is 2.78. The first-order chi connectivity index (χ1) is 6.05. The molecule has 0 spiro atoms. The zero-order chi connectivity index (χ0) is 9.64. The summed E-state index contributed by atoms with van der Waals surface area (Å²) in [6.07, 6.45) is -2.91. The molecule has 0 unspecified atom stereocenters. The standard InChI is InChI=1S/C9H10F2N2/c1-12-7-5-3-4-6-8(7)13(2)9(12,10)11/h3-6H,1-2H3. The molecule has 1 aromatic rings. The van der Waals surface area contributed by atoms with Crippen molar-refractivity contribution in [3.05, 3.63) is 24.3 Å². The van der Waals surface area contributed by atoms with E-state index in [0.717, 1.165) is 9.80 Å². The SMILES string of the molecule is CN1c2ccccc2N(C)C1(F)F. The van der Waals surface area contributed by atoms with Gasteiger partial charge in [0.2, 0.25) is 0 Å². The van der Waals surface area contributed by atoms with Crippen LogP contribution in [0.4, 0.5) is 20.2 Å². The third-order valence-corrected chi connectivity index (χ3v) is 2.41. The summed E-state index contributed by atoms with van der Waals surface area (Å²) in [5.41, 5.74) is 1.13. The normalized spacial score (nSPS) is 19.1. The molecule has 0 saturated carbocycles. The van der Waals surface area contributed by atoms with Crippen molar-refractivity contribution in [1.82, 2.24) is 0 Å². The molecule has 1 aliphatic rings. The Balaban J connectivity index is 2.57. The topological polar surface area (TPSA) is 6.48 Å². The minimum absolute atomic E-state index is 0.565. The fourth-order valence-electron chi connectivity index (χ4n) is 1.55. The highest BCUT2D eigenvalue weighted by atomic mass is 19.3. The van der Waals surface area contributed by atoms with Crippen molar-refractivity contribution < 1.29 is 8.78 Å². The maximum atomic E-state index is 13.4. The van der Waals surface area contributed by atoms with Crippen molar-refractivity contribution in [2.75, 3.05) is 23.9 Å². The van der Waals surface area contributed by atoms with Gasteiger partial charge < -0.3 is 0 Å². The molecule has 0 amide bonds. The van der Waals surface area contributed by atoms with Crippen molar-refractivity contribution >= 4 is 11.4 Å². The second-order valence-electron chi connectivity index (χ2n) is 3.12. The van der Waals surface area contributed by atoms with Crippen LogP contribution in [0.1, 0.15) is 0 Å². The van der Waals surface area contributed by atoms with E-state index in [2.05, 4.69) is 0 Å². The molecule has 1 heterocycles. The van der Waals surface area contributed by atoms with Crippen LogP contribution in [-0.4, -0.2) is 20.3 Å². The van der Waals surface area contributed by atoms with E-state index < -0.39 is 6.17 Å². The first-order valence-electron chi connectivity index (χ1n) is 3.99. The van der Waals surface area contributed by atoms with E-state index in [-0.39, 0.29) is 0 Å². The monoisotopic (exact) mass is 184 g/mol. The first-order valence-corrected chi connectivity index (χ1v) is 3.99. The number of hydrogen-bond donors (Lipinski definition) is 0. The Labute approximate surface area is 75.4 Å². The molecular weight excluding hydrogens is 174 g/mol. The van der Waals surface area contributed by atoms with Gasteiger partial charge in [-0.3, -0.25) is 9.80 Å². The lowest BCUT2D eigenvalue weighted by Crippen LogP contribution is -2.46. The summed E-state index contributed by atoms with van der Waals surface area (Å²) in [4.78, 5) is 1.95. The van der Waals surface area contributed by atoms with E-state index in [1.807, 2.05) is 0 Å². The number of fused-ring (bicyclic) bond motifs is 1. The van der Waals surface area contributed by atoms with E-state index >= 15 is 0 Å². The summed E-state index contributed by atoms with van der Waals surface area (Å²) in [6.45, 7) is 0. The molecule has 0 aromatic heterocycles. The highest BCUT2D eigenvalue weighted by molar-refractivity contribution is 5.77. The van der Waals surface area contributed by atoms with E-state index in [4.69, 9.17) is 0 Å². The van der Waals surface area contributed by atoms with Crippen molar-refractivity contribution in [3.8, 4) is 0 Å². The summed E-state index contributed by atoms with van der Waals surface area (Å²) in [6, 6.07) is 6.88. The maximum Gasteiger partial charge on any atom is 0.413 e. The molecule has 0 bridgehead atoms. The second-order valence-corrected chi connectivity index (χ2v) is 3.12. The Morgan fingerprint density at radius 2 is 1.38 bits per heavy atom. The van der Waals surface area contributed by atoms with Gasteiger partial charge >= 0.3 is 6.17 Å². The molecule has 1 aromatic carbocycles. The first kappa shape index (κ1) is 8.29. The van der Waals surface area contributed by atoms with Crippen LogP contribution >= 0.6 is 0 Å². The van der Waals surface area contributed by atoms with Crippen molar-refractivity contribution in [3.63, 3.8) is 0 Å². The predicted octanol–water partition coefficient (Wildman–Crippen LogP) is 2.12. The molecule has 1 aliphatic heterocycles. The molecule has 2 nitrogen and oxygen atoms in total. The second kappa shape index (κ2) is 2.34. The predicted molar refractivity (Wildman–Crippen MR) is 48.2 cm³/mol. The molecule has 0 fully saturated rings. The summed E-state index contributed by atoms with van der Waals surface area (Å²) in [5.74, 6) is 0. The highest BCUT2D eigenvalue weighted by Crippen LogP contribution is 2.44. The van der Waals surface area contributed by atoms with Crippen LogP contribution in [-0.2, 0) is 0 Å². The van der Waals surface area contributed by atoms with Gasteiger partial charge in [-0.05, 0) is 12.1 Å². The Morgan fingerprint density at radius 1 is 1.00 bits per heavy atom. The molecule has 0 aliphatic carbocycles. The lowest BCUT2D eigenvalue weighted by Gasteiger charge is -2.26. The average molecular weight is 184 g/mol. The van der Waals surface area contributed by atoms with Gasteiger partial charge in [0, 0.05) is 14.1 Å². The number of alkyl halides is 2. The Kier molecular flexibility index (Phi) is 1.49. The molecular formula is C9H10F2N2. The van der Waals surface area contributed by atoms with Crippen LogP contribution in [0.5, 0.6) is 0 Å². The smallest absolute Gasteiger partial charge is 0.295 e. The van der Waals surface area contributed by atoms with Crippen molar-refractivity contribution in [1.29, 1.82) is 0 Å². The average Bonchev–Trinajstić information content (AvgIpc) is 2.30. The van der Waals surface area contributed by atoms with Crippen molar-refractivity contribution in [2.45, 2.75) is 6.17 Å². The number of benzene rings is 1. The molecule has 4 heteroatoms. The third kappa shape index (κ3) is 0.913. The fourth-order valence-corrected chi connectivity index (χ4v) is 1.55. The van der Waals surface area contributed by atoms with Crippen LogP contribution < -0.4 is 9.80 Å². The van der Waals surface area contributed by atoms with Gasteiger partial charge in [-0.1, -0.05) is 12.1 Å². The van der Waals surface area contributed by atoms with Crippen LogP contribution in [0, 0.1) is 0 Å². The molecule has 13 heavy (non-hydrogen) atoms. The largest absolute Gasteiger partial charge is 0.413 e. The van der Waals surface area contributed by atoms with Gasteiger partial charge in [0.1, 0.15) is 0 Å². The highest BCUT2D eigenvalue weighted by Gasteiger charge is 2.47.